The molecule has 0 spiro atoms. The topological polar surface area (TPSA) is 101 Å². The number of nitrogen functional groups attached to an aromatic ring is 1. The maximum absolute atomic E-state index is 16.8. The molecule has 5 heterocycles. The van der Waals surface area contributed by atoms with E-state index in [1.807, 2.05) is 0 Å². The second kappa shape index (κ2) is 11.1. The quantitative estimate of drug-likeness (QED) is 0.189. The number of likely N-dealkylation sites (N-methyl/N-ethyl adjacent to an activating group) is 1. The van der Waals surface area contributed by atoms with Crippen LogP contribution in [0.2, 0.25) is 0 Å². The minimum Gasteiger partial charge on any atom is -0.461 e. The molecule has 0 saturated carbocycles. The summed E-state index contributed by atoms with van der Waals surface area (Å²) in [6.45, 7) is 3.57. The van der Waals surface area contributed by atoms with Crippen molar-refractivity contribution in [2.24, 2.45) is 0 Å². The standard InChI is InChI=1S/C31H28F7N7O2S/c1-3-20(46)44-10-15(11-44)43(2)26-17-9-18(31(36,37)38)21(16-5-6-19(32)25-24(16)40-27(39)48-25)22(33)23(17)41-28(42-26)47-14-29-7-4-8-45(29)13-30(34,35)12-29/h3,5-6,9,15H,1,4,7-8,10-14H2,2H3,(H2,39,40). The van der Waals surface area contributed by atoms with Gasteiger partial charge in [0.05, 0.1) is 33.9 Å². The predicted molar refractivity (Wildman–Crippen MR) is 165 cm³/mol. The molecule has 254 valence electrons. The van der Waals surface area contributed by atoms with Crippen molar-refractivity contribution < 1.29 is 40.3 Å². The lowest BCUT2D eigenvalue weighted by molar-refractivity contribution is -0.137. The van der Waals surface area contributed by atoms with E-state index in [9.17, 15) is 31.1 Å². The summed E-state index contributed by atoms with van der Waals surface area (Å²) in [6.07, 6.45) is -3.34. The first-order chi connectivity index (χ1) is 22.6. The van der Waals surface area contributed by atoms with Crippen molar-refractivity contribution in [2.75, 3.05) is 50.5 Å². The molecule has 9 nitrogen and oxygen atoms in total. The van der Waals surface area contributed by atoms with Crippen LogP contribution in [0.15, 0.2) is 30.9 Å². The van der Waals surface area contributed by atoms with E-state index in [1.165, 1.54) is 16.8 Å². The summed E-state index contributed by atoms with van der Waals surface area (Å²) in [7, 11) is 1.53. The molecule has 1 unspecified atom stereocenters. The number of likely N-dealkylation sites (tertiary alicyclic amines) is 1. The van der Waals surface area contributed by atoms with Crippen LogP contribution in [0.3, 0.4) is 0 Å². The van der Waals surface area contributed by atoms with Crippen LogP contribution in [0.25, 0.3) is 32.2 Å². The SMILES string of the molecule is C=CC(=O)N1CC(N(C)c2nc(OCC34CCCN3CC(F)(F)C4)nc3c(F)c(-c4ccc(F)c5sc(N)nc45)c(C(F)(F)F)cc23)C1. The fourth-order valence-electron chi connectivity index (χ4n) is 7.06. The van der Waals surface area contributed by atoms with E-state index >= 15 is 4.39 Å². The molecule has 0 bridgehead atoms. The number of hydrogen-bond donors (Lipinski definition) is 1. The Morgan fingerprint density at radius 1 is 1.21 bits per heavy atom. The molecule has 2 aromatic carbocycles. The van der Waals surface area contributed by atoms with Gasteiger partial charge in [0.25, 0.3) is 5.92 Å². The molecular weight excluding hydrogens is 667 g/mol. The van der Waals surface area contributed by atoms with Crippen LogP contribution < -0.4 is 15.4 Å². The molecule has 0 radical (unpaired) electrons. The molecule has 1 amide bonds. The van der Waals surface area contributed by atoms with E-state index in [4.69, 9.17) is 10.5 Å². The fraction of sp³-hybridized carbons (Fsp3) is 0.419. The molecule has 1 atom stereocenters. The number of rotatable bonds is 7. The monoisotopic (exact) mass is 695 g/mol. The molecule has 0 aliphatic carbocycles. The van der Waals surface area contributed by atoms with Gasteiger partial charge in [-0.1, -0.05) is 17.9 Å². The van der Waals surface area contributed by atoms with Gasteiger partial charge in [0.2, 0.25) is 5.91 Å². The van der Waals surface area contributed by atoms with Gasteiger partial charge >= 0.3 is 12.2 Å². The number of amides is 1. The molecule has 2 aromatic heterocycles. The summed E-state index contributed by atoms with van der Waals surface area (Å²) in [4.78, 5) is 29.3. The largest absolute Gasteiger partial charge is 0.461 e. The van der Waals surface area contributed by atoms with Crippen LogP contribution in [0, 0.1) is 11.6 Å². The highest BCUT2D eigenvalue weighted by atomic mass is 32.1. The number of halogens is 7. The first-order valence-electron chi connectivity index (χ1n) is 15.0. The van der Waals surface area contributed by atoms with Gasteiger partial charge in [-0.15, -0.1) is 0 Å². The summed E-state index contributed by atoms with van der Waals surface area (Å²) in [5, 5.41) is -0.438. The summed E-state index contributed by atoms with van der Waals surface area (Å²) in [5.41, 5.74) is 1.28. The van der Waals surface area contributed by atoms with E-state index in [1.54, 1.807) is 4.90 Å². The van der Waals surface area contributed by atoms with Crippen molar-refractivity contribution in [2.45, 2.75) is 42.9 Å². The van der Waals surface area contributed by atoms with Gasteiger partial charge in [0.15, 0.2) is 10.9 Å². The summed E-state index contributed by atoms with van der Waals surface area (Å²) < 4.78 is 110. The third-order valence-electron chi connectivity index (χ3n) is 9.43. The summed E-state index contributed by atoms with van der Waals surface area (Å²) in [5.74, 6) is -5.59. The predicted octanol–water partition coefficient (Wildman–Crippen LogP) is 5.87. The Bertz CT molecular complexity index is 1980. The molecular formula is C31H28F7N7O2S. The Balaban J connectivity index is 1.39. The lowest BCUT2D eigenvalue weighted by Crippen LogP contribution is -2.60. The lowest BCUT2D eigenvalue weighted by Gasteiger charge is -2.44. The van der Waals surface area contributed by atoms with Crippen LogP contribution in [0.1, 0.15) is 24.8 Å². The van der Waals surface area contributed by atoms with Crippen molar-refractivity contribution in [3.63, 3.8) is 0 Å². The summed E-state index contributed by atoms with van der Waals surface area (Å²) in [6, 6.07) is 1.77. The van der Waals surface area contributed by atoms with Gasteiger partial charge in [0, 0.05) is 43.1 Å². The Morgan fingerprint density at radius 3 is 2.67 bits per heavy atom. The van der Waals surface area contributed by atoms with Crippen molar-refractivity contribution in [1.82, 2.24) is 24.8 Å². The number of ether oxygens (including phenoxy) is 1. The number of alkyl halides is 5. The first-order valence-corrected chi connectivity index (χ1v) is 15.8. The number of nitrogens with two attached hydrogens (primary N) is 1. The molecule has 3 saturated heterocycles. The average molecular weight is 696 g/mol. The molecule has 4 aromatic rings. The zero-order chi connectivity index (χ0) is 34.3. The number of benzene rings is 2. The number of nitrogens with zero attached hydrogens (tertiary/aromatic N) is 6. The highest BCUT2D eigenvalue weighted by Gasteiger charge is 2.57. The molecule has 3 fully saturated rings. The van der Waals surface area contributed by atoms with E-state index in [0.29, 0.717) is 36.8 Å². The minimum atomic E-state index is -5.10. The molecule has 48 heavy (non-hydrogen) atoms. The van der Waals surface area contributed by atoms with Gasteiger partial charge in [-0.2, -0.15) is 23.1 Å². The van der Waals surface area contributed by atoms with E-state index in [0.717, 1.165) is 18.2 Å². The number of hydrogen-bond acceptors (Lipinski definition) is 9. The zero-order valence-corrected chi connectivity index (χ0v) is 26.2. The fourth-order valence-corrected chi connectivity index (χ4v) is 7.82. The lowest BCUT2D eigenvalue weighted by atomic mass is 9.94. The minimum absolute atomic E-state index is 0.124. The number of thiazole rings is 1. The average Bonchev–Trinajstić information content (AvgIpc) is 3.64. The third-order valence-corrected chi connectivity index (χ3v) is 10.3. The van der Waals surface area contributed by atoms with Crippen LogP contribution in [0.4, 0.5) is 41.7 Å². The highest BCUT2D eigenvalue weighted by Crippen LogP contribution is 2.48. The number of aromatic nitrogens is 3. The van der Waals surface area contributed by atoms with Gasteiger partial charge in [0.1, 0.15) is 23.8 Å². The van der Waals surface area contributed by atoms with E-state index in [2.05, 4.69) is 21.5 Å². The molecule has 3 aliphatic heterocycles. The molecule has 3 aliphatic rings. The van der Waals surface area contributed by atoms with Crippen LogP contribution in [-0.4, -0.2) is 88.0 Å². The molecule has 2 N–H and O–H groups in total. The Morgan fingerprint density at radius 2 is 1.96 bits per heavy atom. The van der Waals surface area contributed by atoms with Crippen LogP contribution in [0.5, 0.6) is 6.01 Å². The number of fused-ring (bicyclic) bond motifs is 3. The molecule has 7 rings (SSSR count). The van der Waals surface area contributed by atoms with Crippen molar-refractivity contribution >= 4 is 49.3 Å². The maximum atomic E-state index is 16.8. The number of carbonyl (C=O) groups is 1. The van der Waals surface area contributed by atoms with Crippen LogP contribution in [-0.2, 0) is 11.0 Å². The first kappa shape index (κ1) is 32.3. The van der Waals surface area contributed by atoms with Gasteiger partial charge < -0.3 is 20.3 Å². The third kappa shape index (κ3) is 5.27. The smallest absolute Gasteiger partial charge is 0.417 e. The zero-order valence-electron chi connectivity index (χ0n) is 25.4. The van der Waals surface area contributed by atoms with Gasteiger partial charge in [-0.25, -0.2) is 22.5 Å². The maximum Gasteiger partial charge on any atom is 0.417 e. The van der Waals surface area contributed by atoms with Gasteiger partial charge in [-0.3, -0.25) is 9.69 Å². The molecule has 17 heteroatoms. The second-order valence-electron chi connectivity index (χ2n) is 12.4. The second-order valence-corrected chi connectivity index (χ2v) is 13.5. The van der Waals surface area contributed by atoms with E-state index in [-0.39, 0.29) is 57.7 Å². The Hall–Kier alpha value is -4.25. The highest BCUT2D eigenvalue weighted by molar-refractivity contribution is 7.22. The van der Waals surface area contributed by atoms with Crippen molar-refractivity contribution in [3.8, 4) is 17.1 Å². The van der Waals surface area contributed by atoms with Gasteiger partial charge in [-0.05, 0) is 43.7 Å². The Labute approximate surface area is 272 Å². The summed E-state index contributed by atoms with van der Waals surface area (Å²) >= 11 is 0.705. The van der Waals surface area contributed by atoms with Crippen molar-refractivity contribution in [3.05, 3.63) is 48.1 Å². The van der Waals surface area contributed by atoms with E-state index < -0.39 is 70.9 Å². The normalized spacial score (nSPS) is 21.1. The van der Waals surface area contributed by atoms with Crippen LogP contribution >= 0.6 is 11.3 Å². The number of carbonyl (C=O) groups excluding carboxylic acids is 1. The van der Waals surface area contributed by atoms with Crippen molar-refractivity contribution in [1.29, 1.82) is 0 Å². The number of anilines is 2. The Kier molecular flexibility index (Phi) is 7.50.